The highest BCUT2D eigenvalue weighted by Gasteiger charge is 2.28. The molecule has 3 aromatic rings. The van der Waals surface area contributed by atoms with Crippen LogP contribution in [0, 0.1) is 5.82 Å². The highest BCUT2D eigenvalue weighted by Crippen LogP contribution is 2.37. The van der Waals surface area contributed by atoms with Crippen molar-refractivity contribution in [2.45, 2.75) is 51.0 Å². The lowest BCUT2D eigenvalue weighted by molar-refractivity contribution is 0.472. The summed E-state index contributed by atoms with van der Waals surface area (Å²) in [6, 6.07) is 21.6. The molecule has 0 radical (unpaired) electrons. The minimum atomic E-state index is -0.218. The number of phenols is 1. The number of rotatable bonds is 8. The third-order valence-electron chi connectivity index (χ3n) is 6.61. The summed E-state index contributed by atoms with van der Waals surface area (Å²) in [5, 5.41) is 9.99. The summed E-state index contributed by atoms with van der Waals surface area (Å²) >= 11 is 0. The molecule has 1 heterocycles. The van der Waals surface area contributed by atoms with Crippen LogP contribution < -0.4 is 4.90 Å². The zero-order valence-corrected chi connectivity index (χ0v) is 18.8. The van der Waals surface area contributed by atoms with Crippen molar-refractivity contribution in [1.29, 1.82) is 0 Å². The molecule has 0 amide bonds. The van der Waals surface area contributed by atoms with Gasteiger partial charge in [-0.1, -0.05) is 49.8 Å². The van der Waals surface area contributed by atoms with Gasteiger partial charge < -0.3 is 10.0 Å². The van der Waals surface area contributed by atoms with Gasteiger partial charge in [-0.3, -0.25) is 0 Å². The number of hydrogen-bond acceptors (Lipinski definition) is 2. The molecule has 0 aliphatic carbocycles. The number of fused-ring (bicyclic) bond motifs is 1. The second-order valence-corrected chi connectivity index (χ2v) is 8.77. The van der Waals surface area contributed by atoms with Crippen LogP contribution in [0.1, 0.15) is 60.4 Å². The zero-order chi connectivity index (χ0) is 22.5. The Morgan fingerprint density at radius 2 is 1.84 bits per heavy atom. The van der Waals surface area contributed by atoms with Gasteiger partial charge in [-0.25, -0.2) is 4.39 Å². The number of anilines is 1. The lowest BCUT2D eigenvalue weighted by Gasteiger charge is -2.39. The van der Waals surface area contributed by atoms with Gasteiger partial charge in [-0.2, -0.15) is 0 Å². The van der Waals surface area contributed by atoms with Gasteiger partial charge in [0.15, 0.2) is 0 Å². The molecule has 1 aliphatic rings. The fourth-order valence-electron chi connectivity index (χ4n) is 4.98. The predicted octanol–water partition coefficient (Wildman–Crippen LogP) is 7.34. The van der Waals surface area contributed by atoms with Crippen LogP contribution in [-0.4, -0.2) is 11.7 Å². The molecule has 0 fully saturated rings. The van der Waals surface area contributed by atoms with E-state index in [0.717, 1.165) is 31.5 Å². The predicted molar refractivity (Wildman–Crippen MR) is 131 cm³/mol. The van der Waals surface area contributed by atoms with Gasteiger partial charge in [-0.15, -0.1) is 6.58 Å². The van der Waals surface area contributed by atoms with Gasteiger partial charge in [-0.05, 0) is 90.3 Å². The first-order valence-electron chi connectivity index (χ1n) is 11.6. The standard InChI is InChI=1S/C29H32FNO/c1-3-5-22(6-4-2)23-9-7-21(8-10-23)19-29-28-16-15-27(32)20-24(28)17-18-31(29)26-13-11-25(30)12-14-26/h3,7-16,20,22,29,32H,1,4-6,17-19H2,2H3. The van der Waals surface area contributed by atoms with Crippen LogP contribution in [0.15, 0.2) is 79.4 Å². The number of halogens is 1. The van der Waals surface area contributed by atoms with E-state index in [4.69, 9.17) is 0 Å². The van der Waals surface area contributed by atoms with E-state index in [1.165, 1.54) is 47.2 Å². The minimum Gasteiger partial charge on any atom is -0.508 e. The Labute approximate surface area is 191 Å². The summed E-state index contributed by atoms with van der Waals surface area (Å²) in [7, 11) is 0. The van der Waals surface area contributed by atoms with Crippen LogP contribution in [-0.2, 0) is 12.8 Å². The molecule has 0 bridgehead atoms. The normalized spacial score (nSPS) is 16.4. The smallest absolute Gasteiger partial charge is 0.123 e. The van der Waals surface area contributed by atoms with Gasteiger partial charge in [0.1, 0.15) is 11.6 Å². The molecule has 3 heteroatoms. The van der Waals surface area contributed by atoms with Gasteiger partial charge in [0.2, 0.25) is 0 Å². The molecule has 2 unspecified atom stereocenters. The van der Waals surface area contributed by atoms with Gasteiger partial charge >= 0.3 is 0 Å². The summed E-state index contributed by atoms with van der Waals surface area (Å²) in [6.45, 7) is 6.99. The molecule has 0 saturated heterocycles. The van der Waals surface area contributed by atoms with Gasteiger partial charge in [0.05, 0.1) is 6.04 Å². The Kier molecular flexibility index (Phi) is 6.94. The molecule has 4 rings (SSSR count). The van der Waals surface area contributed by atoms with Crippen LogP contribution >= 0.6 is 0 Å². The highest BCUT2D eigenvalue weighted by atomic mass is 19.1. The van der Waals surface area contributed by atoms with Crippen molar-refractivity contribution in [3.8, 4) is 5.75 Å². The lowest BCUT2D eigenvalue weighted by Crippen LogP contribution is -2.36. The van der Waals surface area contributed by atoms with Crippen LogP contribution in [0.5, 0.6) is 5.75 Å². The summed E-state index contributed by atoms with van der Waals surface area (Å²) in [5.74, 6) is 0.622. The molecule has 1 N–H and O–H groups in total. The third-order valence-corrected chi connectivity index (χ3v) is 6.61. The molecule has 1 aliphatic heterocycles. The molecule has 3 aromatic carbocycles. The highest BCUT2D eigenvalue weighted by molar-refractivity contribution is 5.53. The van der Waals surface area contributed by atoms with Crippen molar-refractivity contribution in [3.05, 3.63) is 107 Å². The average Bonchev–Trinajstić information content (AvgIpc) is 2.80. The minimum absolute atomic E-state index is 0.135. The van der Waals surface area contributed by atoms with Crippen molar-refractivity contribution in [1.82, 2.24) is 0 Å². The van der Waals surface area contributed by atoms with E-state index < -0.39 is 0 Å². The van der Waals surface area contributed by atoms with Crippen LogP contribution in [0.4, 0.5) is 10.1 Å². The summed E-state index contributed by atoms with van der Waals surface area (Å²) in [4.78, 5) is 2.37. The molecular weight excluding hydrogens is 397 g/mol. The summed E-state index contributed by atoms with van der Waals surface area (Å²) < 4.78 is 13.5. The Balaban J connectivity index is 1.63. The number of nitrogens with zero attached hydrogens (tertiary/aromatic N) is 1. The molecule has 166 valence electrons. The largest absolute Gasteiger partial charge is 0.508 e. The first kappa shape index (κ1) is 22.1. The number of aromatic hydroxyl groups is 1. The van der Waals surface area contributed by atoms with Crippen molar-refractivity contribution in [3.63, 3.8) is 0 Å². The summed E-state index contributed by atoms with van der Waals surface area (Å²) in [5.41, 5.74) is 6.11. The topological polar surface area (TPSA) is 23.5 Å². The van der Waals surface area contributed by atoms with Crippen molar-refractivity contribution >= 4 is 5.69 Å². The molecular formula is C29H32FNO. The zero-order valence-electron chi connectivity index (χ0n) is 18.8. The first-order valence-corrected chi connectivity index (χ1v) is 11.6. The average molecular weight is 430 g/mol. The fraction of sp³-hybridized carbons (Fsp3) is 0.310. The Morgan fingerprint density at radius 3 is 2.53 bits per heavy atom. The van der Waals surface area contributed by atoms with Crippen LogP contribution in [0.3, 0.4) is 0 Å². The second kappa shape index (κ2) is 10.0. The fourth-order valence-corrected chi connectivity index (χ4v) is 4.98. The maximum atomic E-state index is 13.5. The maximum absolute atomic E-state index is 13.5. The molecule has 32 heavy (non-hydrogen) atoms. The van der Waals surface area contributed by atoms with E-state index in [0.29, 0.717) is 11.7 Å². The number of benzene rings is 3. The van der Waals surface area contributed by atoms with Crippen LogP contribution in [0.2, 0.25) is 0 Å². The lowest BCUT2D eigenvalue weighted by atomic mass is 9.86. The van der Waals surface area contributed by atoms with Crippen molar-refractivity contribution < 1.29 is 9.50 Å². The molecule has 2 atom stereocenters. The Bertz CT molecular complexity index is 1040. The van der Waals surface area contributed by atoms with Crippen LogP contribution in [0.25, 0.3) is 0 Å². The number of hydrogen-bond donors (Lipinski definition) is 1. The number of allylic oxidation sites excluding steroid dienone is 1. The van der Waals surface area contributed by atoms with Gasteiger partial charge in [0, 0.05) is 12.2 Å². The van der Waals surface area contributed by atoms with Gasteiger partial charge in [0.25, 0.3) is 0 Å². The monoisotopic (exact) mass is 429 g/mol. The van der Waals surface area contributed by atoms with E-state index in [9.17, 15) is 9.50 Å². The second-order valence-electron chi connectivity index (χ2n) is 8.77. The summed E-state index contributed by atoms with van der Waals surface area (Å²) in [6.07, 6.45) is 7.07. The molecule has 0 aromatic heterocycles. The Morgan fingerprint density at radius 1 is 1.09 bits per heavy atom. The van der Waals surface area contributed by atoms with E-state index in [2.05, 4.69) is 42.7 Å². The van der Waals surface area contributed by atoms with E-state index in [1.54, 1.807) is 6.07 Å². The SMILES string of the molecule is C=CCC(CCC)c1ccc(CC2c3ccc(O)cc3CCN2c2ccc(F)cc2)cc1. The Hall–Kier alpha value is -3.07. The molecule has 2 nitrogen and oxygen atoms in total. The van der Waals surface area contributed by atoms with Crippen molar-refractivity contribution in [2.24, 2.45) is 0 Å². The third kappa shape index (κ3) is 4.88. The van der Waals surface area contributed by atoms with Crippen molar-refractivity contribution in [2.75, 3.05) is 11.4 Å². The first-order chi connectivity index (χ1) is 15.6. The quantitative estimate of drug-likeness (QED) is 0.379. The molecule has 0 spiro atoms. The van der Waals surface area contributed by atoms with E-state index in [1.807, 2.05) is 30.3 Å². The number of phenolic OH excluding ortho intramolecular Hbond substituents is 1. The van der Waals surface area contributed by atoms with E-state index >= 15 is 0 Å². The van der Waals surface area contributed by atoms with E-state index in [-0.39, 0.29) is 11.9 Å². The molecule has 0 saturated carbocycles. The maximum Gasteiger partial charge on any atom is 0.123 e.